The van der Waals surface area contributed by atoms with Crippen LogP contribution in [0.3, 0.4) is 0 Å². The third-order valence-corrected chi connectivity index (χ3v) is 5.74. The monoisotopic (exact) mass is 320 g/mol. The highest BCUT2D eigenvalue weighted by Gasteiger charge is 2.53. The van der Waals surface area contributed by atoms with Gasteiger partial charge in [-0.05, 0) is 50.9 Å². The lowest BCUT2D eigenvalue weighted by atomic mass is 9.53. The third kappa shape index (κ3) is 3.52. The number of carbonyl (C=O) groups excluding carboxylic acids is 2. The van der Waals surface area contributed by atoms with Crippen molar-refractivity contribution in [2.45, 2.75) is 65.9 Å². The number of rotatable bonds is 0. The largest absolute Gasteiger partial charge is 0.444 e. The number of carbonyl (C=O) groups is 2. The number of ketones is 1. The zero-order valence-corrected chi connectivity index (χ0v) is 14.9. The molecule has 0 aromatic carbocycles. The molecule has 2 fully saturated rings. The maximum absolute atomic E-state index is 12.4. The second-order valence-corrected chi connectivity index (χ2v) is 8.62. The molecule has 0 N–H and O–H groups in total. The van der Waals surface area contributed by atoms with E-state index in [2.05, 4.69) is 19.9 Å². The van der Waals surface area contributed by atoms with Crippen molar-refractivity contribution in [1.29, 1.82) is 5.26 Å². The Morgan fingerprint density at radius 1 is 1.26 bits per heavy atom. The van der Waals surface area contributed by atoms with Crippen LogP contribution < -0.4 is 0 Å². The fourth-order valence-corrected chi connectivity index (χ4v) is 3.83. The first-order valence-electron chi connectivity index (χ1n) is 8.40. The average molecular weight is 320 g/mol. The minimum atomic E-state index is -0.508. The van der Waals surface area contributed by atoms with E-state index < -0.39 is 11.5 Å². The second-order valence-electron chi connectivity index (χ2n) is 8.62. The van der Waals surface area contributed by atoms with E-state index in [0.717, 1.165) is 12.8 Å². The Bertz CT molecular complexity index is 545. The van der Waals surface area contributed by atoms with Crippen molar-refractivity contribution >= 4 is 11.9 Å². The van der Waals surface area contributed by atoms with Crippen molar-refractivity contribution < 1.29 is 14.3 Å². The number of nitriles is 1. The summed E-state index contributed by atoms with van der Waals surface area (Å²) in [5.41, 5.74) is -0.766. The number of hydrogen-bond donors (Lipinski definition) is 0. The highest BCUT2D eigenvalue weighted by atomic mass is 16.6. The molecule has 1 aliphatic heterocycles. The Labute approximate surface area is 139 Å². The molecule has 0 aromatic heterocycles. The maximum Gasteiger partial charge on any atom is 0.410 e. The molecule has 1 saturated carbocycles. The van der Waals surface area contributed by atoms with Gasteiger partial charge in [-0.15, -0.1) is 0 Å². The van der Waals surface area contributed by atoms with E-state index in [1.54, 1.807) is 4.90 Å². The van der Waals surface area contributed by atoms with Crippen molar-refractivity contribution in [3.05, 3.63) is 0 Å². The number of likely N-dealkylation sites (tertiary alicyclic amines) is 1. The molecule has 2 rings (SSSR count). The summed E-state index contributed by atoms with van der Waals surface area (Å²) in [6.45, 7) is 11.1. The van der Waals surface area contributed by atoms with Gasteiger partial charge in [0, 0.05) is 19.5 Å². The summed E-state index contributed by atoms with van der Waals surface area (Å²) in [7, 11) is 0. The fourth-order valence-electron chi connectivity index (χ4n) is 3.83. The lowest BCUT2D eigenvalue weighted by Crippen LogP contribution is -2.46. The number of Topliss-reactive ketones (excluding diaryl/α,β-unsaturated/α-hetero) is 1. The molecule has 5 heteroatoms. The van der Waals surface area contributed by atoms with Gasteiger partial charge in [0.1, 0.15) is 11.5 Å². The van der Waals surface area contributed by atoms with Crippen LogP contribution in [-0.4, -0.2) is 35.5 Å². The molecule has 0 radical (unpaired) electrons. The van der Waals surface area contributed by atoms with E-state index in [1.807, 2.05) is 20.8 Å². The molecular formula is C18H28N2O3. The number of hydrogen-bond acceptors (Lipinski definition) is 4. The summed E-state index contributed by atoms with van der Waals surface area (Å²) in [6.07, 6.45) is 2.32. The summed E-state index contributed by atoms with van der Waals surface area (Å²) in [5.74, 6) is -0.445. The van der Waals surface area contributed by atoms with Crippen LogP contribution in [0.5, 0.6) is 0 Å². The van der Waals surface area contributed by atoms with Crippen molar-refractivity contribution in [2.75, 3.05) is 13.1 Å². The lowest BCUT2D eigenvalue weighted by Gasteiger charge is -2.49. The minimum Gasteiger partial charge on any atom is -0.444 e. The van der Waals surface area contributed by atoms with E-state index in [9.17, 15) is 14.9 Å². The van der Waals surface area contributed by atoms with E-state index in [-0.39, 0.29) is 22.7 Å². The molecule has 2 unspecified atom stereocenters. The molecule has 3 atom stereocenters. The van der Waals surface area contributed by atoms with E-state index in [0.29, 0.717) is 25.9 Å². The van der Waals surface area contributed by atoms with Gasteiger partial charge in [-0.1, -0.05) is 13.8 Å². The molecular weight excluding hydrogens is 292 g/mol. The molecule has 5 nitrogen and oxygen atoms in total. The van der Waals surface area contributed by atoms with Gasteiger partial charge >= 0.3 is 6.09 Å². The maximum atomic E-state index is 12.4. The van der Waals surface area contributed by atoms with Crippen LogP contribution in [0, 0.1) is 28.1 Å². The molecule has 1 heterocycles. The van der Waals surface area contributed by atoms with Gasteiger partial charge in [0.25, 0.3) is 0 Å². The molecule has 2 aliphatic rings. The highest BCUT2D eigenvalue weighted by molar-refractivity contribution is 5.85. The van der Waals surface area contributed by atoms with Gasteiger partial charge in [0.15, 0.2) is 5.78 Å². The molecule has 1 amide bonds. The van der Waals surface area contributed by atoms with Crippen molar-refractivity contribution in [3.63, 3.8) is 0 Å². The number of amides is 1. The van der Waals surface area contributed by atoms with Gasteiger partial charge < -0.3 is 9.64 Å². The Morgan fingerprint density at radius 3 is 2.35 bits per heavy atom. The van der Waals surface area contributed by atoms with Gasteiger partial charge in [-0.3, -0.25) is 4.79 Å². The Morgan fingerprint density at radius 2 is 1.83 bits per heavy atom. The topological polar surface area (TPSA) is 70.4 Å². The van der Waals surface area contributed by atoms with Gasteiger partial charge in [-0.2, -0.15) is 5.26 Å². The molecule has 128 valence electrons. The van der Waals surface area contributed by atoms with E-state index >= 15 is 0 Å². The Balaban J connectivity index is 2.17. The van der Waals surface area contributed by atoms with Gasteiger partial charge in [0.2, 0.25) is 0 Å². The number of ether oxygens (including phenoxy) is 1. The summed E-state index contributed by atoms with van der Waals surface area (Å²) in [6, 6.07) is 2.16. The third-order valence-electron chi connectivity index (χ3n) is 5.74. The molecule has 0 bridgehead atoms. The summed E-state index contributed by atoms with van der Waals surface area (Å²) in [4.78, 5) is 26.3. The van der Waals surface area contributed by atoms with Gasteiger partial charge in [-0.25, -0.2) is 4.79 Å². The van der Waals surface area contributed by atoms with Crippen LogP contribution >= 0.6 is 0 Å². The molecule has 23 heavy (non-hydrogen) atoms. The van der Waals surface area contributed by atoms with Crippen LogP contribution in [0.25, 0.3) is 0 Å². The van der Waals surface area contributed by atoms with Crippen molar-refractivity contribution in [2.24, 2.45) is 16.7 Å². The fraction of sp³-hybridized carbons (Fsp3) is 0.833. The summed E-state index contributed by atoms with van der Waals surface area (Å²) >= 11 is 0. The molecule has 1 aliphatic carbocycles. The van der Waals surface area contributed by atoms with Crippen molar-refractivity contribution in [1.82, 2.24) is 4.90 Å². The highest BCUT2D eigenvalue weighted by Crippen LogP contribution is 2.56. The van der Waals surface area contributed by atoms with Gasteiger partial charge in [0.05, 0.1) is 6.07 Å². The van der Waals surface area contributed by atoms with E-state index in [4.69, 9.17) is 4.74 Å². The number of fused-ring (bicyclic) bond motifs is 1. The predicted octanol–water partition coefficient (Wildman–Crippen LogP) is 3.53. The minimum absolute atomic E-state index is 0.0539. The molecule has 0 spiro atoms. The first-order chi connectivity index (χ1) is 10.5. The smallest absolute Gasteiger partial charge is 0.410 e. The summed E-state index contributed by atoms with van der Waals surface area (Å²) in [5, 5.41) is 9.23. The van der Waals surface area contributed by atoms with Crippen LogP contribution in [0.4, 0.5) is 4.79 Å². The Kier molecular flexibility index (Phi) is 4.49. The lowest BCUT2D eigenvalue weighted by molar-refractivity contribution is -0.133. The van der Waals surface area contributed by atoms with Crippen LogP contribution in [0.1, 0.15) is 60.3 Å². The first kappa shape index (κ1) is 17.8. The number of nitrogens with zero attached hydrogens (tertiary/aromatic N) is 2. The van der Waals surface area contributed by atoms with Crippen molar-refractivity contribution in [3.8, 4) is 6.07 Å². The standard InChI is InChI=1S/C18H28N2O3/c1-16(2,3)23-15(22)20-8-6-17(4)10-13(12-19)14(21)11-18(17,5)7-9-20/h13H,6-11H2,1-5H3/t13?,17-,18?/m1/s1. The quantitative estimate of drug-likeness (QED) is 0.684. The molecule has 0 aromatic rings. The van der Waals surface area contributed by atoms with E-state index in [1.165, 1.54) is 0 Å². The zero-order valence-electron chi connectivity index (χ0n) is 14.9. The summed E-state index contributed by atoms with van der Waals surface area (Å²) < 4.78 is 5.48. The van der Waals surface area contributed by atoms with Crippen LogP contribution in [0.15, 0.2) is 0 Å². The zero-order chi connectivity index (χ0) is 17.5. The SMILES string of the molecule is CC(C)(C)OC(=O)N1CCC2(C)CC(=O)C(C#N)C[C@@]2(C)CC1. The van der Waals surface area contributed by atoms with Crippen LogP contribution in [0.2, 0.25) is 0 Å². The normalized spacial score (nSPS) is 35.0. The second kappa shape index (κ2) is 5.81. The first-order valence-corrected chi connectivity index (χ1v) is 8.40. The Hall–Kier alpha value is -1.57. The average Bonchev–Trinajstić information content (AvgIpc) is 2.53. The predicted molar refractivity (Wildman–Crippen MR) is 86.6 cm³/mol. The van der Waals surface area contributed by atoms with Crippen LogP contribution in [-0.2, 0) is 9.53 Å². The molecule has 1 saturated heterocycles.